The first-order valence-corrected chi connectivity index (χ1v) is 10.6. The van der Waals surface area contributed by atoms with Gasteiger partial charge in [0.1, 0.15) is 28.7 Å². The van der Waals surface area contributed by atoms with Crippen molar-refractivity contribution in [1.82, 2.24) is 15.3 Å². The zero-order valence-corrected chi connectivity index (χ0v) is 17.9. The molecule has 2 aromatic heterocycles. The van der Waals surface area contributed by atoms with Crippen LogP contribution in [0.2, 0.25) is 0 Å². The van der Waals surface area contributed by atoms with Gasteiger partial charge in [0.25, 0.3) is 11.5 Å². The van der Waals surface area contributed by atoms with Crippen molar-refractivity contribution in [3.8, 4) is 11.5 Å². The first kappa shape index (κ1) is 20.9. The molecule has 0 aliphatic carbocycles. The number of thiophene rings is 1. The summed E-state index contributed by atoms with van der Waals surface area (Å²) in [6, 6.07) is 5.66. The van der Waals surface area contributed by atoms with Crippen molar-refractivity contribution in [2.75, 3.05) is 26.4 Å². The van der Waals surface area contributed by atoms with Crippen molar-refractivity contribution in [1.29, 1.82) is 0 Å². The van der Waals surface area contributed by atoms with Crippen LogP contribution in [-0.2, 0) is 16.0 Å². The third-order valence-electron chi connectivity index (χ3n) is 4.78. The molecule has 1 aromatic carbocycles. The molecule has 10 heteroatoms. The third kappa shape index (κ3) is 4.53. The molecule has 0 fully saturated rings. The molecule has 1 aliphatic heterocycles. The summed E-state index contributed by atoms with van der Waals surface area (Å²) in [6.45, 7) is 4.36. The van der Waals surface area contributed by atoms with Gasteiger partial charge in [-0.25, -0.2) is 9.78 Å². The molecule has 31 heavy (non-hydrogen) atoms. The summed E-state index contributed by atoms with van der Waals surface area (Å²) < 4.78 is 16.2. The number of hydrogen-bond donors (Lipinski definition) is 2. The van der Waals surface area contributed by atoms with E-state index in [9.17, 15) is 14.4 Å². The van der Waals surface area contributed by atoms with Crippen LogP contribution in [0.15, 0.2) is 23.0 Å². The standard InChI is InChI=1S/C21H21N3O6S/c1-11-17-19(26)23-12(2)24-20(17)31-18(11)21(27)30-10-16(25)22-6-5-13-3-4-14-15(9-13)29-8-7-28-14/h3-4,9H,5-8,10H2,1-2H3,(H,22,25)(H,23,24,26). The van der Waals surface area contributed by atoms with Gasteiger partial charge in [-0.2, -0.15) is 0 Å². The number of hydrogen-bond acceptors (Lipinski definition) is 8. The van der Waals surface area contributed by atoms with E-state index >= 15 is 0 Å². The van der Waals surface area contributed by atoms with Crippen LogP contribution in [0.25, 0.3) is 10.2 Å². The minimum atomic E-state index is -0.653. The fourth-order valence-corrected chi connectivity index (χ4v) is 4.40. The Morgan fingerprint density at radius 3 is 2.81 bits per heavy atom. The Hall–Kier alpha value is -3.40. The van der Waals surface area contributed by atoms with Gasteiger partial charge in [-0.1, -0.05) is 6.07 Å². The van der Waals surface area contributed by atoms with Crippen molar-refractivity contribution in [3.05, 3.63) is 50.4 Å². The van der Waals surface area contributed by atoms with Gasteiger partial charge in [-0.05, 0) is 43.5 Å². The van der Waals surface area contributed by atoms with E-state index < -0.39 is 18.5 Å². The van der Waals surface area contributed by atoms with E-state index in [0.717, 1.165) is 22.6 Å². The Morgan fingerprint density at radius 2 is 2.00 bits per heavy atom. The highest BCUT2D eigenvalue weighted by Crippen LogP contribution is 2.31. The summed E-state index contributed by atoms with van der Waals surface area (Å²) in [5.74, 6) is 0.827. The Labute approximate surface area is 181 Å². The molecule has 9 nitrogen and oxygen atoms in total. The Kier molecular flexibility index (Phi) is 5.90. The first-order chi connectivity index (χ1) is 14.9. The van der Waals surface area contributed by atoms with Crippen LogP contribution in [0.1, 0.15) is 26.6 Å². The summed E-state index contributed by atoms with van der Waals surface area (Å²) >= 11 is 1.08. The van der Waals surface area contributed by atoms with Crippen LogP contribution >= 0.6 is 11.3 Å². The minimum Gasteiger partial charge on any atom is -0.486 e. The molecule has 0 bridgehead atoms. The van der Waals surface area contributed by atoms with Gasteiger partial charge in [0.05, 0.1) is 5.39 Å². The fourth-order valence-electron chi connectivity index (χ4n) is 3.28. The molecule has 0 saturated heterocycles. The molecule has 0 spiro atoms. The van der Waals surface area contributed by atoms with E-state index in [1.165, 1.54) is 0 Å². The minimum absolute atomic E-state index is 0.266. The highest BCUT2D eigenvalue weighted by molar-refractivity contribution is 7.20. The second-order valence-corrected chi connectivity index (χ2v) is 8.04. The van der Waals surface area contributed by atoms with Gasteiger partial charge in [-0.3, -0.25) is 9.59 Å². The van der Waals surface area contributed by atoms with Gasteiger partial charge >= 0.3 is 5.97 Å². The number of esters is 1. The molecule has 0 saturated carbocycles. The SMILES string of the molecule is Cc1nc2sc(C(=O)OCC(=O)NCCc3ccc4c(c3)OCCO4)c(C)c2c(=O)[nH]1. The van der Waals surface area contributed by atoms with Crippen LogP contribution in [0, 0.1) is 13.8 Å². The number of benzene rings is 1. The number of carbonyl (C=O) groups excluding carboxylic acids is 2. The lowest BCUT2D eigenvalue weighted by atomic mass is 10.1. The number of aryl methyl sites for hydroxylation is 2. The molecule has 162 valence electrons. The normalized spacial score (nSPS) is 12.6. The average molecular weight is 443 g/mol. The molecular weight excluding hydrogens is 422 g/mol. The van der Waals surface area contributed by atoms with E-state index in [-0.39, 0.29) is 10.4 Å². The van der Waals surface area contributed by atoms with Gasteiger partial charge in [-0.15, -0.1) is 11.3 Å². The summed E-state index contributed by atoms with van der Waals surface area (Å²) in [5, 5.41) is 3.09. The summed E-state index contributed by atoms with van der Waals surface area (Å²) in [6.07, 6.45) is 0.597. The van der Waals surface area contributed by atoms with Crippen molar-refractivity contribution in [2.45, 2.75) is 20.3 Å². The average Bonchev–Trinajstić information content (AvgIpc) is 3.08. The Morgan fingerprint density at radius 1 is 1.23 bits per heavy atom. The molecule has 0 unspecified atom stereocenters. The predicted octanol–water partition coefficient (Wildman–Crippen LogP) is 1.89. The number of nitrogens with one attached hydrogen (secondary N) is 2. The van der Waals surface area contributed by atoms with E-state index in [2.05, 4.69) is 15.3 Å². The van der Waals surface area contributed by atoms with Crippen molar-refractivity contribution < 1.29 is 23.8 Å². The number of aromatic amines is 1. The lowest BCUT2D eigenvalue weighted by Crippen LogP contribution is -2.30. The Bertz CT molecular complexity index is 1220. The van der Waals surface area contributed by atoms with Gasteiger partial charge < -0.3 is 24.5 Å². The maximum absolute atomic E-state index is 12.4. The smallest absolute Gasteiger partial charge is 0.349 e. The highest BCUT2D eigenvalue weighted by atomic mass is 32.1. The number of nitrogens with zero attached hydrogens (tertiary/aromatic N) is 1. The van der Waals surface area contributed by atoms with Crippen LogP contribution in [0.4, 0.5) is 0 Å². The molecule has 3 aromatic rings. The zero-order chi connectivity index (χ0) is 22.0. The number of carbonyl (C=O) groups is 2. The number of aromatic nitrogens is 2. The second-order valence-electron chi connectivity index (χ2n) is 7.04. The van der Waals surface area contributed by atoms with Gasteiger partial charge in [0.15, 0.2) is 18.1 Å². The number of rotatable bonds is 6. The Balaban J connectivity index is 1.29. The molecule has 0 atom stereocenters. The van der Waals surface area contributed by atoms with Crippen molar-refractivity contribution in [3.63, 3.8) is 0 Å². The molecule has 3 heterocycles. The molecule has 1 amide bonds. The van der Waals surface area contributed by atoms with E-state index in [4.69, 9.17) is 14.2 Å². The van der Waals surface area contributed by atoms with Crippen LogP contribution in [-0.4, -0.2) is 48.2 Å². The lowest BCUT2D eigenvalue weighted by Gasteiger charge is -2.18. The fraction of sp³-hybridized carbons (Fsp3) is 0.333. The van der Waals surface area contributed by atoms with Gasteiger partial charge in [0.2, 0.25) is 0 Å². The summed E-state index contributed by atoms with van der Waals surface area (Å²) in [5.41, 5.74) is 1.19. The predicted molar refractivity (Wildman–Crippen MR) is 114 cm³/mol. The molecule has 0 radical (unpaired) electrons. The molecular formula is C21H21N3O6S. The number of ether oxygens (including phenoxy) is 3. The number of H-pyrrole nitrogens is 1. The topological polar surface area (TPSA) is 120 Å². The van der Waals surface area contributed by atoms with Crippen LogP contribution < -0.4 is 20.3 Å². The zero-order valence-electron chi connectivity index (χ0n) is 17.1. The maximum Gasteiger partial charge on any atom is 0.349 e. The number of amides is 1. The van der Waals surface area contributed by atoms with E-state index in [0.29, 0.717) is 53.5 Å². The monoisotopic (exact) mass is 443 g/mol. The van der Waals surface area contributed by atoms with E-state index in [1.54, 1.807) is 13.8 Å². The first-order valence-electron chi connectivity index (χ1n) is 9.74. The number of fused-ring (bicyclic) bond motifs is 2. The maximum atomic E-state index is 12.4. The quantitative estimate of drug-likeness (QED) is 0.558. The van der Waals surface area contributed by atoms with Crippen molar-refractivity contribution >= 4 is 33.4 Å². The molecule has 4 rings (SSSR count). The summed E-state index contributed by atoms with van der Waals surface area (Å²) in [4.78, 5) is 44.2. The van der Waals surface area contributed by atoms with Crippen molar-refractivity contribution in [2.24, 2.45) is 0 Å². The van der Waals surface area contributed by atoms with Crippen LogP contribution in [0.5, 0.6) is 11.5 Å². The summed E-state index contributed by atoms with van der Waals surface area (Å²) in [7, 11) is 0. The highest BCUT2D eigenvalue weighted by Gasteiger charge is 2.21. The van der Waals surface area contributed by atoms with E-state index in [1.807, 2.05) is 18.2 Å². The third-order valence-corrected chi connectivity index (χ3v) is 5.95. The second kappa shape index (κ2) is 8.76. The van der Waals surface area contributed by atoms with Gasteiger partial charge in [0, 0.05) is 6.54 Å². The molecule has 2 N–H and O–H groups in total. The largest absolute Gasteiger partial charge is 0.486 e. The van der Waals surface area contributed by atoms with Crippen LogP contribution in [0.3, 0.4) is 0 Å². The molecule has 1 aliphatic rings. The lowest BCUT2D eigenvalue weighted by molar-refractivity contribution is -0.124.